The van der Waals surface area contributed by atoms with Crippen LogP contribution in [-0.2, 0) is 41.7 Å². The molecule has 4 amide bonds. The summed E-state index contributed by atoms with van der Waals surface area (Å²) in [5.41, 5.74) is -1.44. The molecule has 268 valence electrons. The highest BCUT2D eigenvalue weighted by Gasteiger charge is 2.62. The van der Waals surface area contributed by atoms with Crippen LogP contribution in [0.15, 0.2) is 30.4 Å². The van der Waals surface area contributed by atoms with Crippen molar-refractivity contribution in [2.75, 3.05) is 13.2 Å². The minimum atomic E-state index is -3.20. The average molecular weight is 693 g/mol. The minimum Gasteiger partial charge on any atom is -0.464 e. The molecule has 3 aliphatic heterocycles. The van der Waals surface area contributed by atoms with Gasteiger partial charge in [-0.15, -0.1) is 0 Å². The Labute approximate surface area is 282 Å². The summed E-state index contributed by atoms with van der Waals surface area (Å²) in [6.07, 6.45) is -1.51. The van der Waals surface area contributed by atoms with Crippen LogP contribution < -0.4 is 10.6 Å². The molecule has 0 aromatic heterocycles. The number of allylic oxidation sites excluding steroid dienone is 1. The van der Waals surface area contributed by atoms with Gasteiger partial charge in [-0.3, -0.25) is 14.5 Å². The number of halogens is 3. The monoisotopic (exact) mass is 692 g/mol. The smallest absolute Gasteiger partial charge is 0.410 e. The lowest BCUT2D eigenvalue weighted by atomic mass is 10.0. The molecule has 12 nitrogen and oxygen atoms in total. The van der Waals surface area contributed by atoms with E-state index in [4.69, 9.17) is 14.2 Å². The molecule has 5 atom stereocenters. The zero-order valence-electron chi connectivity index (χ0n) is 28.1. The molecule has 0 unspecified atom stereocenters. The maximum atomic E-state index is 15.1. The number of rotatable bonds is 4. The highest BCUT2D eigenvalue weighted by atomic mass is 19.3. The number of nitrogens with zero attached hydrogens (tertiary/aromatic N) is 2. The van der Waals surface area contributed by atoms with Crippen molar-refractivity contribution in [3.8, 4) is 0 Å². The van der Waals surface area contributed by atoms with E-state index in [-0.39, 0.29) is 45.5 Å². The summed E-state index contributed by atoms with van der Waals surface area (Å²) >= 11 is 0. The Morgan fingerprint density at radius 3 is 2.57 bits per heavy atom. The second-order valence-corrected chi connectivity index (χ2v) is 14.0. The van der Waals surface area contributed by atoms with E-state index in [0.29, 0.717) is 11.1 Å². The van der Waals surface area contributed by atoms with Crippen molar-refractivity contribution < 1.29 is 51.4 Å². The van der Waals surface area contributed by atoms with Gasteiger partial charge < -0.3 is 29.7 Å². The van der Waals surface area contributed by atoms with Gasteiger partial charge in [-0.25, -0.2) is 27.6 Å². The maximum Gasteiger partial charge on any atom is 0.410 e. The molecule has 49 heavy (non-hydrogen) atoms. The standard InChI is InChI=1S/C34H43F3N4O8/c1-5-47-29(44)34-16-21(34)10-6-7-13-33(36,37)14-12-25(38-30(45)49-32(2,3)4)28(43)41-18-22(15-26(41)27(42)39-34)48-31(46)40-17-20-9-8-11-24(35)23(20)19-40/h6,8-11,21-22,25-26H,5,7,12-19H2,1-4H3,(H,38,45)(H,39,42)/b10-6-/t21-,22+,25-,26-,34+/m0/s1. The van der Waals surface area contributed by atoms with E-state index >= 15 is 8.78 Å². The number of hydrogen-bond acceptors (Lipinski definition) is 8. The lowest BCUT2D eigenvalue weighted by molar-refractivity contribution is -0.150. The normalized spacial score (nSPS) is 28.9. The number of ether oxygens (including phenoxy) is 3. The molecular formula is C34H43F3N4O8. The van der Waals surface area contributed by atoms with Gasteiger partial charge in [-0.1, -0.05) is 24.3 Å². The van der Waals surface area contributed by atoms with Crippen molar-refractivity contribution in [1.82, 2.24) is 20.4 Å². The van der Waals surface area contributed by atoms with Crippen molar-refractivity contribution >= 4 is 30.0 Å². The van der Waals surface area contributed by atoms with Gasteiger partial charge in [-0.05, 0) is 58.6 Å². The highest BCUT2D eigenvalue weighted by molar-refractivity contribution is 5.96. The molecular weight excluding hydrogens is 649 g/mol. The second-order valence-electron chi connectivity index (χ2n) is 14.0. The highest BCUT2D eigenvalue weighted by Crippen LogP contribution is 2.46. The topological polar surface area (TPSA) is 144 Å². The van der Waals surface area contributed by atoms with Crippen molar-refractivity contribution in [3.63, 3.8) is 0 Å². The number of amides is 4. The fourth-order valence-electron chi connectivity index (χ4n) is 6.56. The Hall–Kier alpha value is -4.30. The van der Waals surface area contributed by atoms with Crippen molar-refractivity contribution in [2.24, 2.45) is 5.92 Å². The number of fused-ring (bicyclic) bond motifs is 3. The number of nitrogens with one attached hydrogen (secondary N) is 2. The molecule has 0 bridgehead atoms. The third-order valence-corrected chi connectivity index (χ3v) is 9.13. The zero-order chi connectivity index (χ0) is 35.7. The van der Waals surface area contributed by atoms with Crippen LogP contribution in [0, 0.1) is 11.7 Å². The van der Waals surface area contributed by atoms with Crippen molar-refractivity contribution in [2.45, 2.75) is 115 Å². The van der Waals surface area contributed by atoms with Gasteiger partial charge in [0.1, 0.15) is 35.1 Å². The van der Waals surface area contributed by atoms with E-state index in [2.05, 4.69) is 10.6 Å². The third kappa shape index (κ3) is 8.30. The second kappa shape index (κ2) is 13.9. The number of esters is 1. The number of carbonyl (C=O) groups excluding carboxylic acids is 5. The summed E-state index contributed by atoms with van der Waals surface area (Å²) in [7, 11) is 0. The first-order valence-corrected chi connectivity index (χ1v) is 16.6. The lowest BCUT2D eigenvalue weighted by Crippen LogP contribution is -2.57. The molecule has 1 saturated heterocycles. The molecule has 0 spiro atoms. The van der Waals surface area contributed by atoms with Crippen LogP contribution in [0.2, 0.25) is 0 Å². The van der Waals surface area contributed by atoms with Crippen molar-refractivity contribution in [3.05, 3.63) is 47.3 Å². The van der Waals surface area contributed by atoms with Crippen LogP contribution in [0.5, 0.6) is 0 Å². The summed E-state index contributed by atoms with van der Waals surface area (Å²) in [6, 6.07) is 1.71. The van der Waals surface area contributed by atoms with E-state index in [0.717, 1.165) is 4.90 Å². The predicted molar refractivity (Wildman–Crippen MR) is 167 cm³/mol. The largest absolute Gasteiger partial charge is 0.464 e. The van der Waals surface area contributed by atoms with Crippen LogP contribution in [0.4, 0.5) is 22.8 Å². The Balaban J connectivity index is 1.42. The summed E-state index contributed by atoms with van der Waals surface area (Å²) in [5, 5.41) is 5.15. The van der Waals surface area contributed by atoms with Crippen LogP contribution in [0.1, 0.15) is 77.3 Å². The number of carbonyl (C=O) groups is 5. The van der Waals surface area contributed by atoms with Crippen LogP contribution in [-0.4, -0.2) is 88.2 Å². The predicted octanol–water partition coefficient (Wildman–Crippen LogP) is 4.34. The SMILES string of the molecule is CCOC(=O)[C@@]12C[C@@H]1/C=C\CCC(F)(F)CC[C@H](NC(=O)OC(C)(C)C)C(=O)N1C[C@H](OC(=O)N3Cc4cccc(F)c4C3)C[C@H]1C(=O)N2. The van der Waals surface area contributed by atoms with E-state index in [1.165, 1.54) is 23.1 Å². The first kappa shape index (κ1) is 36.0. The molecule has 3 heterocycles. The first-order valence-electron chi connectivity index (χ1n) is 16.6. The summed E-state index contributed by atoms with van der Waals surface area (Å²) in [5.74, 6) is -6.48. The van der Waals surface area contributed by atoms with E-state index in [1.54, 1.807) is 39.8 Å². The Bertz CT molecular complexity index is 1510. The summed E-state index contributed by atoms with van der Waals surface area (Å²) in [6.45, 7) is 6.20. The number of benzene rings is 1. The van der Waals surface area contributed by atoms with Gasteiger partial charge in [-0.2, -0.15) is 0 Å². The van der Waals surface area contributed by atoms with E-state index < -0.39 is 96.2 Å². The van der Waals surface area contributed by atoms with Gasteiger partial charge in [0.2, 0.25) is 17.7 Å². The van der Waals surface area contributed by atoms with Crippen LogP contribution >= 0.6 is 0 Å². The summed E-state index contributed by atoms with van der Waals surface area (Å²) in [4.78, 5) is 69.6. The Kier molecular flexibility index (Phi) is 10.2. The zero-order valence-corrected chi connectivity index (χ0v) is 28.1. The molecule has 0 radical (unpaired) electrons. The fourth-order valence-corrected chi connectivity index (χ4v) is 6.56. The Morgan fingerprint density at radius 1 is 1.12 bits per heavy atom. The van der Waals surface area contributed by atoms with Gasteiger partial charge >= 0.3 is 18.2 Å². The molecule has 2 fully saturated rings. The van der Waals surface area contributed by atoms with Gasteiger partial charge in [0, 0.05) is 37.3 Å². The molecule has 2 N–H and O–H groups in total. The van der Waals surface area contributed by atoms with Gasteiger partial charge in [0.15, 0.2) is 0 Å². The molecule has 1 saturated carbocycles. The number of alkyl halides is 2. The van der Waals surface area contributed by atoms with E-state index in [9.17, 15) is 28.4 Å². The molecule has 1 aliphatic carbocycles. The number of hydrogen-bond donors (Lipinski definition) is 2. The molecule has 1 aromatic rings. The number of alkyl carbamates (subject to hydrolysis) is 1. The average Bonchev–Trinajstić information content (AvgIpc) is 3.32. The Morgan fingerprint density at radius 2 is 1.88 bits per heavy atom. The fraction of sp³-hybridized carbons (Fsp3) is 0.618. The van der Waals surface area contributed by atoms with Crippen molar-refractivity contribution in [1.29, 1.82) is 0 Å². The van der Waals surface area contributed by atoms with Gasteiger partial charge in [0.05, 0.1) is 19.7 Å². The molecule has 1 aromatic carbocycles. The quantitative estimate of drug-likeness (QED) is 0.270. The lowest BCUT2D eigenvalue weighted by Gasteiger charge is -2.30. The molecule has 4 aliphatic rings. The van der Waals surface area contributed by atoms with Crippen LogP contribution in [0.25, 0.3) is 0 Å². The van der Waals surface area contributed by atoms with Crippen LogP contribution in [0.3, 0.4) is 0 Å². The minimum absolute atomic E-state index is 0.0228. The maximum absolute atomic E-state index is 15.1. The molecule has 5 rings (SSSR count). The summed E-state index contributed by atoms with van der Waals surface area (Å²) < 4.78 is 60.7. The first-order chi connectivity index (χ1) is 23.0. The van der Waals surface area contributed by atoms with E-state index in [1.807, 2.05) is 0 Å². The third-order valence-electron chi connectivity index (χ3n) is 9.13. The van der Waals surface area contributed by atoms with Gasteiger partial charge in [0.25, 0.3) is 0 Å². The molecule has 15 heteroatoms.